The summed E-state index contributed by atoms with van der Waals surface area (Å²) in [5.41, 5.74) is 6.13. The number of nitrogens with one attached hydrogen (secondary N) is 1. The van der Waals surface area contributed by atoms with Gasteiger partial charge in [-0.2, -0.15) is 5.10 Å². The van der Waals surface area contributed by atoms with Gasteiger partial charge in [0, 0.05) is 23.1 Å². The number of rotatable bonds is 9. The first-order valence-electron chi connectivity index (χ1n) is 9.96. The Morgan fingerprint density at radius 2 is 1.94 bits per heavy atom. The zero-order valence-corrected chi connectivity index (χ0v) is 18.5. The zero-order valence-electron chi connectivity index (χ0n) is 17.7. The predicted octanol–water partition coefficient (Wildman–Crippen LogP) is 5.75. The van der Waals surface area contributed by atoms with Gasteiger partial charge >= 0.3 is 0 Å². The summed E-state index contributed by atoms with van der Waals surface area (Å²) in [6, 6.07) is 21.8. The largest absolute Gasteiger partial charge is 0.493 e. The van der Waals surface area contributed by atoms with Crippen molar-refractivity contribution in [1.29, 1.82) is 0 Å². The molecule has 0 fully saturated rings. The highest BCUT2D eigenvalue weighted by Gasteiger charge is 2.10. The molecule has 4 rings (SSSR count). The van der Waals surface area contributed by atoms with Crippen LogP contribution in [0.1, 0.15) is 11.1 Å². The molecule has 1 N–H and O–H groups in total. The number of hydrogen-bond acceptors (Lipinski definition) is 8. The number of benzene rings is 3. The summed E-state index contributed by atoms with van der Waals surface area (Å²) in [6.45, 7) is 0.448. The normalized spacial score (nSPS) is 10.8. The van der Waals surface area contributed by atoms with E-state index in [0.29, 0.717) is 34.5 Å². The molecule has 1 aromatic heterocycles. The van der Waals surface area contributed by atoms with Crippen LogP contribution < -0.4 is 14.9 Å². The molecule has 0 spiro atoms. The Kier molecular flexibility index (Phi) is 6.91. The molecule has 8 nitrogen and oxygen atoms in total. The lowest BCUT2D eigenvalue weighted by atomic mass is 10.1. The number of anilines is 1. The minimum Gasteiger partial charge on any atom is -0.493 e. The van der Waals surface area contributed by atoms with Crippen molar-refractivity contribution in [1.82, 2.24) is 4.98 Å². The van der Waals surface area contributed by atoms with E-state index in [4.69, 9.17) is 9.47 Å². The maximum Gasteiger partial charge on any atom is 0.270 e. The minimum absolute atomic E-state index is 0.0261. The molecule has 9 heteroatoms. The monoisotopic (exact) mass is 460 g/mol. The first-order chi connectivity index (χ1) is 16.1. The Morgan fingerprint density at radius 3 is 2.73 bits per heavy atom. The molecule has 0 unspecified atom stereocenters. The number of aromatic nitrogens is 1. The number of ether oxygens (including phenoxy) is 2. The van der Waals surface area contributed by atoms with E-state index in [-0.39, 0.29) is 5.69 Å². The van der Waals surface area contributed by atoms with Gasteiger partial charge in [0.2, 0.25) is 5.13 Å². The lowest BCUT2D eigenvalue weighted by molar-refractivity contribution is -0.384. The average Bonchev–Trinajstić information content (AvgIpc) is 3.33. The smallest absolute Gasteiger partial charge is 0.270 e. The molecule has 0 aliphatic rings. The number of hydrogen-bond donors (Lipinski definition) is 1. The SMILES string of the molecule is COc1cc(/C=N/Nc2nc(-c3cccc([N+](=O)[O-])c3)cs2)ccc1OCc1ccccc1. The molecule has 0 atom stereocenters. The molecule has 3 aromatic carbocycles. The summed E-state index contributed by atoms with van der Waals surface area (Å²) in [6.07, 6.45) is 1.65. The van der Waals surface area contributed by atoms with Crippen molar-refractivity contribution in [2.75, 3.05) is 12.5 Å². The van der Waals surface area contributed by atoms with E-state index in [1.165, 1.54) is 23.5 Å². The molecule has 0 radical (unpaired) electrons. The zero-order chi connectivity index (χ0) is 23.0. The fourth-order valence-corrected chi connectivity index (χ4v) is 3.69. The third-order valence-electron chi connectivity index (χ3n) is 4.66. The van der Waals surface area contributed by atoms with Crippen molar-refractivity contribution < 1.29 is 14.4 Å². The number of nitrogens with zero attached hydrogens (tertiary/aromatic N) is 3. The summed E-state index contributed by atoms with van der Waals surface area (Å²) in [4.78, 5) is 15.0. The Bertz CT molecular complexity index is 1270. The van der Waals surface area contributed by atoms with Crippen LogP contribution in [0.3, 0.4) is 0 Å². The van der Waals surface area contributed by atoms with Gasteiger partial charge < -0.3 is 9.47 Å². The highest BCUT2D eigenvalue weighted by Crippen LogP contribution is 2.29. The summed E-state index contributed by atoms with van der Waals surface area (Å²) < 4.78 is 11.3. The summed E-state index contributed by atoms with van der Waals surface area (Å²) in [5, 5.41) is 17.6. The van der Waals surface area contributed by atoms with Crippen LogP contribution in [0.2, 0.25) is 0 Å². The Balaban J connectivity index is 1.39. The number of nitro groups is 1. The molecule has 0 saturated heterocycles. The quantitative estimate of drug-likeness (QED) is 0.194. The highest BCUT2D eigenvalue weighted by atomic mass is 32.1. The van der Waals surface area contributed by atoms with Crippen LogP contribution in [0.4, 0.5) is 10.8 Å². The topological polar surface area (TPSA) is 98.9 Å². The van der Waals surface area contributed by atoms with Crippen molar-refractivity contribution in [3.63, 3.8) is 0 Å². The van der Waals surface area contributed by atoms with Gasteiger partial charge in [0.05, 0.1) is 23.9 Å². The minimum atomic E-state index is -0.425. The Labute approximate surface area is 194 Å². The van der Waals surface area contributed by atoms with E-state index in [2.05, 4.69) is 15.5 Å². The lowest BCUT2D eigenvalue weighted by Gasteiger charge is -2.11. The maximum absolute atomic E-state index is 11.0. The lowest BCUT2D eigenvalue weighted by Crippen LogP contribution is -1.98. The van der Waals surface area contributed by atoms with E-state index in [9.17, 15) is 10.1 Å². The molecule has 1 heterocycles. The number of methoxy groups -OCH3 is 1. The van der Waals surface area contributed by atoms with Gasteiger partial charge in [0.15, 0.2) is 11.5 Å². The second kappa shape index (κ2) is 10.4. The van der Waals surface area contributed by atoms with E-state index in [1.807, 2.05) is 53.9 Å². The summed E-state index contributed by atoms with van der Waals surface area (Å²) >= 11 is 1.36. The first kappa shape index (κ1) is 22.0. The fourth-order valence-electron chi connectivity index (χ4n) is 3.02. The van der Waals surface area contributed by atoms with Gasteiger partial charge in [-0.15, -0.1) is 11.3 Å². The van der Waals surface area contributed by atoms with Crippen LogP contribution in [0.25, 0.3) is 11.3 Å². The molecular formula is C24H20N4O4S. The van der Waals surface area contributed by atoms with Crippen LogP contribution >= 0.6 is 11.3 Å². The van der Waals surface area contributed by atoms with E-state index in [1.54, 1.807) is 25.5 Å². The summed E-state index contributed by atoms with van der Waals surface area (Å²) in [7, 11) is 1.59. The number of hydrazone groups is 1. The van der Waals surface area contributed by atoms with Crippen LogP contribution in [0.5, 0.6) is 11.5 Å². The molecule has 0 bridgehead atoms. The van der Waals surface area contributed by atoms with Crippen molar-refractivity contribution in [3.8, 4) is 22.8 Å². The van der Waals surface area contributed by atoms with E-state index >= 15 is 0 Å². The molecule has 0 saturated carbocycles. The van der Waals surface area contributed by atoms with Crippen LogP contribution in [0.15, 0.2) is 83.3 Å². The van der Waals surface area contributed by atoms with Gasteiger partial charge in [-0.3, -0.25) is 15.5 Å². The molecule has 0 amide bonds. The van der Waals surface area contributed by atoms with Gasteiger partial charge in [-0.1, -0.05) is 42.5 Å². The van der Waals surface area contributed by atoms with Gasteiger partial charge in [-0.25, -0.2) is 4.98 Å². The van der Waals surface area contributed by atoms with Crippen molar-refractivity contribution in [2.45, 2.75) is 6.61 Å². The highest BCUT2D eigenvalue weighted by molar-refractivity contribution is 7.14. The number of thiazole rings is 1. The van der Waals surface area contributed by atoms with E-state index in [0.717, 1.165) is 11.1 Å². The first-order valence-corrected chi connectivity index (χ1v) is 10.8. The Hall–Kier alpha value is -4.24. The average molecular weight is 461 g/mol. The third kappa shape index (κ3) is 5.72. The molecule has 33 heavy (non-hydrogen) atoms. The molecule has 166 valence electrons. The second-order valence-electron chi connectivity index (χ2n) is 6.90. The predicted molar refractivity (Wildman–Crippen MR) is 129 cm³/mol. The van der Waals surface area contributed by atoms with Crippen molar-refractivity contribution in [3.05, 3.63) is 99.4 Å². The van der Waals surface area contributed by atoms with Crippen molar-refractivity contribution in [2.24, 2.45) is 5.10 Å². The fraction of sp³-hybridized carbons (Fsp3) is 0.0833. The molecule has 0 aliphatic carbocycles. The van der Waals surface area contributed by atoms with Gasteiger partial charge in [0.25, 0.3) is 5.69 Å². The second-order valence-corrected chi connectivity index (χ2v) is 7.76. The molecular weight excluding hydrogens is 440 g/mol. The summed E-state index contributed by atoms with van der Waals surface area (Å²) in [5.74, 6) is 1.25. The van der Waals surface area contributed by atoms with Gasteiger partial charge in [0.1, 0.15) is 6.61 Å². The number of non-ortho nitro benzene ring substituents is 1. The van der Waals surface area contributed by atoms with Crippen LogP contribution in [-0.2, 0) is 6.61 Å². The van der Waals surface area contributed by atoms with Crippen molar-refractivity contribution >= 4 is 28.4 Å². The third-order valence-corrected chi connectivity index (χ3v) is 5.40. The van der Waals surface area contributed by atoms with Gasteiger partial charge in [-0.05, 0) is 29.3 Å². The standard InChI is InChI=1S/C24H20N4O4S/c1-31-23-12-18(10-11-22(23)32-15-17-6-3-2-4-7-17)14-25-27-24-26-21(16-33-24)19-8-5-9-20(13-19)28(29)30/h2-14,16H,15H2,1H3,(H,26,27)/b25-14+. The van der Waals surface area contributed by atoms with Crippen LogP contribution in [-0.4, -0.2) is 23.2 Å². The Morgan fingerprint density at radius 1 is 1.09 bits per heavy atom. The number of nitro benzene ring substituents is 1. The van der Waals surface area contributed by atoms with Crippen LogP contribution in [0, 0.1) is 10.1 Å². The maximum atomic E-state index is 11.0. The molecule has 0 aliphatic heterocycles. The molecule has 4 aromatic rings. The van der Waals surface area contributed by atoms with E-state index < -0.39 is 4.92 Å².